The number of aromatic nitrogens is 2. The third kappa shape index (κ3) is 5.17. The maximum atomic E-state index is 13.7. The van der Waals surface area contributed by atoms with E-state index >= 15 is 0 Å². The van der Waals surface area contributed by atoms with Crippen LogP contribution in [0.5, 0.6) is 0 Å². The zero-order valence-corrected chi connectivity index (χ0v) is 25.6. The lowest BCUT2D eigenvalue weighted by Gasteiger charge is -2.61. The highest BCUT2D eigenvalue weighted by Gasteiger charge is 2.68. The second-order valence-electron chi connectivity index (χ2n) is 13.5. The van der Waals surface area contributed by atoms with Gasteiger partial charge < -0.3 is 15.2 Å². The Bertz CT molecular complexity index is 1140. The molecule has 0 amide bonds. The SMILES string of the molecule is Cc1nccnc1/C=C/[C@@]1(C)C[C@@H](OC(=O)CSC2CCNCC2)[C@@]2(C)C3C(=O)CC[C@@]3(CC[C@H]2C)[C@@H](C)[C@@H]1O. The van der Waals surface area contributed by atoms with Gasteiger partial charge in [-0.25, -0.2) is 0 Å². The summed E-state index contributed by atoms with van der Waals surface area (Å²) in [6.45, 7) is 12.6. The average molecular weight is 570 g/mol. The number of ketones is 1. The molecule has 7 nitrogen and oxygen atoms in total. The van der Waals surface area contributed by atoms with Gasteiger partial charge in [0.05, 0.1) is 23.2 Å². The van der Waals surface area contributed by atoms with E-state index in [-0.39, 0.29) is 34.9 Å². The molecule has 5 rings (SSSR count). The molecule has 0 radical (unpaired) electrons. The summed E-state index contributed by atoms with van der Waals surface area (Å²) in [6.07, 6.45) is 12.0. The third-order valence-electron chi connectivity index (χ3n) is 11.4. The Morgan fingerprint density at radius 3 is 2.62 bits per heavy atom. The number of nitrogens with zero attached hydrogens (tertiary/aromatic N) is 2. The van der Waals surface area contributed by atoms with E-state index in [9.17, 15) is 14.7 Å². The normalized spacial score (nSPS) is 40.5. The van der Waals surface area contributed by atoms with Crippen molar-refractivity contribution in [1.82, 2.24) is 15.3 Å². The third-order valence-corrected chi connectivity index (χ3v) is 12.7. The van der Waals surface area contributed by atoms with E-state index in [1.165, 1.54) is 0 Å². The summed E-state index contributed by atoms with van der Waals surface area (Å²) < 4.78 is 6.48. The number of rotatable bonds is 6. The van der Waals surface area contributed by atoms with Gasteiger partial charge in [0.1, 0.15) is 11.9 Å². The molecule has 1 aliphatic heterocycles. The topological polar surface area (TPSA) is 101 Å². The Morgan fingerprint density at radius 2 is 1.90 bits per heavy atom. The van der Waals surface area contributed by atoms with E-state index < -0.39 is 23.0 Å². The first-order valence-corrected chi connectivity index (χ1v) is 16.3. The largest absolute Gasteiger partial charge is 0.461 e. The van der Waals surface area contributed by atoms with Crippen LogP contribution in [0.15, 0.2) is 18.5 Å². The molecule has 1 aromatic heterocycles. The molecular formula is C32H47N3O4S. The number of aliphatic hydroxyl groups is 1. The fourth-order valence-electron chi connectivity index (χ4n) is 8.66. The van der Waals surface area contributed by atoms with Gasteiger partial charge in [0.2, 0.25) is 0 Å². The van der Waals surface area contributed by atoms with Crippen LogP contribution in [0.25, 0.3) is 6.08 Å². The number of aryl methyl sites for hydroxylation is 1. The molecule has 4 aliphatic rings. The van der Waals surface area contributed by atoms with Crippen molar-refractivity contribution >= 4 is 29.6 Å². The molecule has 1 saturated heterocycles. The Kier molecular flexibility index (Phi) is 8.53. The molecular weight excluding hydrogens is 522 g/mol. The summed E-state index contributed by atoms with van der Waals surface area (Å²) in [5.74, 6) is 0.343. The summed E-state index contributed by atoms with van der Waals surface area (Å²) in [6, 6.07) is 0. The van der Waals surface area contributed by atoms with Gasteiger partial charge in [0.15, 0.2) is 0 Å². The maximum absolute atomic E-state index is 13.7. The summed E-state index contributed by atoms with van der Waals surface area (Å²) >= 11 is 1.70. The van der Waals surface area contributed by atoms with Crippen LogP contribution in [0.3, 0.4) is 0 Å². The van der Waals surface area contributed by atoms with Crippen molar-refractivity contribution in [2.75, 3.05) is 18.8 Å². The molecule has 1 aromatic rings. The molecule has 4 fully saturated rings. The number of hydrogen-bond donors (Lipinski definition) is 2. The predicted molar refractivity (Wildman–Crippen MR) is 159 cm³/mol. The van der Waals surface area contributed by atoms with Crippen molar-refractivity contribution in [1.29, 1.82) is 0 Å². The standard InChI is InChI=1S/C32H47N3O4S/c1-20-6-12-32-13-8-25(36)28(32)31(20,5)26(39-27(37)19-40-23-9-14-33-15-10-23)18-30(4,29(38)21(32)2)11-7-24-22(3)34-16-17-35-24/h7,11,16-17,20-21,23,26,28-29,33,38H,6,8-10,12-15,18-19H2,1-5H3/b11-7+/t20-,21+,26-,28?,29+,30+,31+,32+/m1/s1. The zero-order valence-electron chi connectivity index (χ0n) is 24.8. The van der Waals surface area contributed by atoms with Crippen LogP contribution in [-0.2, 0) is 14.3 Å². The second-order valence-corrected chi connectivity index (χ2v) is 14.8. The molecule has 0 aromatic carbocycles. The minimum absolute atomic E-state index is 0.0690. The number of ether oxygens (including phenoxy) is 1. The highest BCUT2D eigenvalue weighted by molar-refractivity contribution is 8.00. The Labute approximate surface area is 243 Å². The molecule has 220 valence electrons. The van der Waals surface area contributed by atoms with Gasteiger partial charge in [0, 0.05) is 40.8 Å². The van der Waals surface area contributed by atoms with E-state index in [4.69, 9.17) is 4.74 Å². The number of esters is 1. The minimum Gasteiger partial charge on any atom is -0.461 e. The highest BCUT2D eigenvalue weighted by atomic mass is 32.2. The van der Waals surface area contributed by atoms with E-state index in [1.807, 2.05) is 13.0 Å². The van der Waals surface area contributed by atoms with Crippen LogP contribution < -0.4 is 5.32 Å². The van der Waals surface area contributed by atoms with Crippen molar-refractivity contribution < 1.29 is 19.4 Å². The van der Waals surface area contributed by atoms with Gasteiger partial charge in [-0.15, -0.1) is 11.8 Å². The quantitative estimate of drug-likeness (QED) is 0.462. The number of carbonyl (C=O) groups is 2. The van der Waals surface area contributed by atoms with Crippen LogP contribution in [-0.4, -0.2) is 63.1 Å². The molecule has 1 unspecified atom stereocenters. The highest BCUT2D eigenvalue weighted by Crippen LogP contribution is 2.68. The summed E-state index contributed by atoms with van der Waals surface area (Å²) in [5.41, 5.74) is 0.130. The first-order chi connectivity index (χ1) is 19.0. The molecule has 8 atom stereocenters. The van der Waals surface area contributed by atoms with Crippen molar-refractivity contribution in [2.45, 2.75) is 97.0 Å². The fourth-order valence-corrected chi connectivity index (χ4v) is 9.66. The minimum atomic E-state index is -0.697. The van der Waals surface area contributed by atoms with Crippen LogP contribution in [0.2, 0.25) is 0 Å². The Hall–Kier alpha value is -1.77. The Morgan fingerprint density at radius 1 is 1.18 bits per heavy atom. The molecule has 2 bridgehead atoms. The number of nitrogens with one attached hydrogen (secondary N) is 1. The maximum Gasteiger partial charge on any atom is 0.316 e. The van der Waals surface area contributed by atoms with E-state index in [1.54, 1.807) is 24.2 Å². The van der Waals surface area contributed by atoms with E-state index in [0.717, 1.165) is 56.6 Å². The Balaban J connectivity index is 1.51. The smallest absolute Gasteiger partial charge is 0.316 e. The van der Waals surface area contributed by atoms with Crippen molar-refractivity contribution in [3.8, 4) is 0 Å². The summed E-state index contributed by atoms with van der Waals surface area (Å²) in [7, 11) is 0. The van der Waals surface area contributed by atoms with Gasteiger partial charge in [-0.1, -0.05) is 33.8 Å². The second kappa shape index (κ2) is 11.5. The number of Topliss-reactive ketones (excluding diaryl/α,β-unsaturated/α-hetero) is 1. The predicted octanol–water partition coefficient (Wildman–Crippen LogP) is 5.00. The fraction of sp³-hybridized carbons (Fsp3) is 0.750. The van der Waals surface area contributed by atoms with E-state index in [0.29, 0.717) is 23.8 Å². The summed E-state index contributed by atoms with van der Waals surface area (Å²) in [5, 5.41) is 16.0. The molecule has 0 spiro atoms. The lowest BCUT2D eigenvalue weighted by atomic mass is 9.44. The van der Waals surface area contributed by atoms with Gasteiger partial charge in [0.25, 0.3) is 0 Å². The van der Waals surface area contributed by atoms with Crippen molar-refractivity contribution in [2.24, 2.45) is 34.0 Å². The van der Waals surface area contributed by atoms with Crippen molar-refractivity contribution in [3.63, 3.8) is 0 Å². The van der Waals surface area contributed by atoms with Crippen LogP contribution in [0.4, 0.5) is 0 Å². The molecule has 3 aliphatic carbocycles. The number of piperidine rings is 1. The molecule has 3 saturated carbocycles. The average Bonchev–Trinajstić information content (AvgIpc) is 3.30. The van der Waals surface area contributed by atoms with E-state index in [2.05, 4.69) is 49.1 Å². The van der Waals surface area contributed by atoms with Crippen LogP contribution in [0, 0.1) is 40.9 Å². The summed E-state index contributed by atoms with van der Waals surface area (Å²) in [4.78, 5) is 36.0. The molecule has 40 heavy (non-hydrogen) atoms. The van der Waals surface area contributed by atoms with Gasteiger partial charge in [-0.3, -0.25) is 19.6 Å². The number of hydrogen-bond acceptors (Lipinski definition) is 8. The van der Waals surface area contributed by atoms with Crippen molar-refractivity contribution in [3.05, 3.63) is 29.9 Å². The number of aliphatic hydroxyl groups excluding tert-OH is 1. The first-order valence-electron chi connectivity index (χ1n) is 15.2. The monoisotopic (exact) mass is 569 g/mol. The van der Waals surface area contributed by atoms with Gasteiger partial charge in [-0.2, -0.15) is 0 Å². The van der Waals surface area contributed by atoms with Crippen LogP contribution >= 0.6 is 11.8 Å². The lowest BCUT2D eigenvalue weighted by Crippen LogP contribution is -2.63. The number of carbonyl (C=O) groups excluding carboxylic acids is 2. The van der Waals surface area contributed by atoms with Gasteiger partial charge in [-0.05, 0) is 81.9 Å². The molecule has 2 N–H and O–H groups in total. The number of thioether (sulfide) groups is 1. The van der Waals surface area contributed by atoms with Crippen LogP contribution in [0.1, 0.15) is 84.0 Å². The molecule has 2 heterocycles. The van der Waals surface area contributed by atoms with Gasteiger partial charge >= 0.3 is 5.97 Å². The zero-order chi connectivity index (χ0) is 28.7. The molecule has 8 heteroatoms. The first kappa shape index (κ1) is 29.7. The lowest BCUT2D eigenvalue weighted by molar-refractivity contribution is -0.205.